The van der Waals surface area contributed by atoms with Gasteiger partial charge in [-0.25, -0.2) is 9.82 Å². The second-order valence-corrected chi connectivity index (χ2v) is 5.47. The smallest absolute Gasteiger partial charge is 0.274 e. The van der Waals surface area contributed by atoms with Gasteiger partial charge in [0.15, 0.2) is 0 Å². The number of carbonyl (C=O) groups is 2. The highest BCUT2D eigenvalue weighted by atomic mass is 19.1. The van der Waals surface area contributed by atoms with E-state index in [4.69, 9.17) is 0 Å². The van der Waals surface area contributed by atoms with Gasteiger partial charge in [-0.15, -0.1) is 0 Å². The average Bonchev–Trinajstić information content (AvgIpc) is 2.69. The Balaban J connectivity index is 1.71. The van der Waals surface area contributed by atoms with Crippen LogP contribution in [0.3, 0.4) is 0 Å². The largest absolute Gasteiger partial charge is 0.320 e. The molecule has 0 saturated heterocycles. The molecule has 0 saturated carbocycles. The van der Waals surface area contributed by atoms with Gasteiger partial charge >= 0.3 is 0 Å². The van der Waals surface area contributed by atoms with Crippen LogP contribution < -0.4 is 10.7 Å². The number of amides is 2. The topological polar surface area (TPSA) is 83.5 Å². The molecule has 0 bridgehead atoms. The molecule has 134 valence electrons. The first-order valence-electron chi connectivity index (χ1n) is 8.04. The van der Waals surface area contributed by atoms with Crippen molar-refractivity contribution >= 4 is 23.7 Å². The Bertz CT molecular complexity index is 990. The Morgan fingerprint density at radius 2 is 1.78 bits per heavy atom. The Morgan fingerprint density at radius 1 is 0.963 bits per heavy atom. The molecular weight excluding hydrogens is 347 g/mol. The summed E-state index contributed by atoms with van der Waals surface area (Å²) in [7, 11) is 0. The molecule has 0 unspecified atom stereocenters. The fourth-order valence-electron chi connectivity index (χ4n) is 2.29. The molecule has 2 amide bonds. The van der Waals surface area contributed by atoms with Crippen LogP contribution in [-0.2, 0) is 0 Å². The molecule has 0 aliphatic heterocycles. The van der Waals surface area contributed by atoms with Gasteiger partial charge in [-0.3, -0.25) is 14.6 Å². The zero-order valence-corrected chi connectivity index (χ0v) is 14.1. The van der Waals surface area contributed by atoms with E-state index in [1.54, 1.807) is 54.6 Å². The van der Waals surface area contributed by atoms with E-state index in [9.17, 15) is 14.0 Å². The summed E-state index contributed by atoms with van der Waals surface area (Å²) in [5.41, 5.74) is 3.66. The van der Waals surface area contributed by atoms with Crippen molar-refractivity contribution in [2.75, 3.05) is 5.32 Å². The number of nitrogens with one attached hydrogen (secondary N) is 2. The molecule has 3 aromatic rings. The number of aromatic nitrogens is 1. The molecule has 0 atom stereocenters. The van der Waals surface area contributed by atoms with E-state index in [1.807, 2.05) is 0 Å². The van der Waals surface area contributed by atoms with Gasteiger partial charge in [0.1, 0.15) is 11.5 Å². The predicted octanol–water partition coefficient (Wildman–Crippen LogP) is 3.24. The van der Waals surface area contributed by atoms with Crippen LogP contribution in [0, 0.1) is 5.82 Å². The second-order valence-electron chi connectivity index (χ2n) is 5.47. The lowest BCUT2D eigenvalue weighted by molar-refractivity contribution is 0.0956. The van der Waals surface area contributed by atoms with Crippen LogP contribution in [0.4, 0.5) is 10.1 Å². The number of nitrogens with zero attached hydrogens (tertiary/aromatic N) is 2. The molecule has 0 fully saturated rings. The molecule has 0 aliphatic rings. The molecule has 7 heteroatoms. The number of pyridine rings is 1. The quantitative estimate of drug-likeness (QED) is 0.540. The SMILES string of the molecule is O=C(Nc1ccccc1C(=O)N/N=C/c1cccc(F)c1)c1ccccn1. The average molecular weight is 362 g/mol. The zero-order chi connectivity index (χ0) is 19.1. The molecular formula is C20H15FN4O2. The van der Waals surface area contributed by atoms with E-state index < -0.39 is 17.6 Å². The van der Waals surface area contributed by atoms with Crippen LogP contribution in [0.25, 0.3) is 0 Å². The minimum Gasteiger partial charge on any atom is -0.320 e. The lowest BCUT2D eigenvalue weighted by atomic mass is 10.1. The van der Waals surface area contributed by atoms with Gasteiger partial charge in [0.2, 0.25) is 0 Å². The van der Waals surface area contributed by atoms with Crippen molar-refractivity contribution < 1.29 is 14.0 Å². The molecule has 2 aromatic carbocycles. The van der Waals surface area contributed by atoms with E-state index >= 15 is 0 Å². The summed E-state index contributed by atoms with van der Waals surface area (Å²) < 4.78 is 13.1. The molecule has 27 heavy (non-hydrogen) atoms. The first-order valence-corrected chi connectivity index (χ1v) is 8.04. The van der Waals surface area contributed by atoms with Crippen molar-refractivity contribution in [3.63, 3.8) is 0 Å². The monoisotopic (exact) mass is 362 g/mol. The highest BCUT2D eigenvalue weighted by Crippen LogP contribution is 2.16. The summed E-state index contributed by atoms with van der Waals surface area (Å²) in [5, 5.41) is 6.48. The van der Waals surface area contributed by atoms with Gasteiger partial charge in [-0.2, -0.15) is 5.10 Å². The minimum atomic E-state index is -0.514. The molecule has 3 rings (SSSR count). The number of para-hydroxylation sites is 1. The van der Waals surface area contributed by atoms with Crippen molar-refractivity contribution in [2.24, 2.45) is 5.10 Å². The van der Waals surface area contributed by atoms with Crippen molar-refractivity contribution in [3.05, 3.63) is 95.6 Å². The normalized spacial score (nSPS) is 10.6. The van der Waals surface area contributed by atoms with E-state index in [-0.39, 0.29) is 11.3 Å². The van der Waals surface area contributed by atoms with Crippen LogP contribution in [0.15, 0.2) is 78.0 Å². The highest BCUT2D eigenvalue weighted by Gasteiger charge is 2.14. The van der Waals surface area contributed by atoms with Crippen LogP contribution in [-0.4, -0.2) is 23.0 Å². The summed E-state index contributed by atoms with van der Waals surface area (Å²) in [6, 6.07) is 17.3. The van der Waals surface area contributed by atoms with Crippen LogP contribution >= 0.6 is 0 Å². The zero-order valence-electron chi connectivity index (χ0n) is 14.1. The maximum atomic E-state index is 13.1. The van der Waals surface area contributed by atoms with Crippen LogP contribution in [0.2, 0.25) is 0 Å². The van der Waals surface area contributed by atoms with Crippen LogP contribution in [0.1, 0.15) is 26.4 Å². The fourth-order valence-corrected chi connectivity index (χ4v) is 2.29. The number of anilines is 1. The van der Waals surface area contributed by atoms with Gasteiger partial charge in [-0.1, -0.05) is 30.3 Å². The summed E-state index contributed by atoms with van der Waals surface area (Å²) in [4.78, 5) is 28.6. The van der Waals surface area contributed by atoms with E-state index in [1.165, 1.54) is 24.5 Å². The van der Waals surface area contributed by atoms with Gasteiger partial charge in [0.05, 0.1) is 17.5 Å². The third kappa shape index (κ3) is 4.82. The Kier molecular flexibility index (Phi) is 5.64. The first kappa shape index (κ1) is 17.9. The van der Waals surface area contributed by atoms with Gasteiger partial charge < -0.3 is 5.32 Å². The van der Waals surface area contributed by atoms with Crippen molar-refractivity contribution in [1.29, 1.82) is 0 Å². The molecule has 0 aliphatic carbocycles. The lowest BCUT2D eigenvalue weighted by Crippen LogP contribution is -2.21. The highest BCUT2D eigenvalue weighted by molar-refractivity contribution is 6.08. The van der Waals surface area contributed by atoms with Gasteiger partial charge in [0, 0.05) is 6.20 Å². The Hall–Kier alpha value is -3.87. The standard InChI is InChI=1S/C20H15FN4O2/c21-15-7-5-6-14(12-15)13-23-25-19(26)16-8-1-2-9-17(16)24-20(27)18-10-3-4-11-22-18/h1-13H,(H,24,27)(H,25,26)/b23-13+. The third-order valence-corrected chi connectivity index (χ3v) is 3.55. The molecule has 6 nitrogen and oxygen atoms in total. The molecule has 1 aromatic heterocycles. The number of rotatable bonds is 5. The van der Waals surface area contributed by atoms with E-state index in [0.29, 0.717) is 11.3 Å². The number of hydrogen-bond acceptors (Lipinski definition) is 4. The number of hydrazone groups is 1. The molecule has 2 N–H and O–H groups in total. The number of halogens is 1. The van der Waals surface area contributed by atoms with Crippen molar-refractivity contribution in [3.8, 4) is 0 Å². The minimum absolute atomic E-state index is 0.233. The van der Waals surface area contributed by atoms with E-state index in [0.717, 1.165) is 0 Å². The maximum absolute atomic E-state index is 13.1. The van der Waals surface area contributed by atoms with E-state index in [2.05, 4.69) is 20.8 Å². The Labute approximate surface area is 154 Å². The van der Waals surface area contributed by atoms with Gasteiger partial charge in [0.25, 0.3) is 11.8 Å². The number of hydrogen-bond donors (Lipinski definition) is 2. The molecule has 0 spiro atoms. The maximum Gasteiger partial charge on any atom is 0.274 e. The van der Waals surface area contributed by atoms with Crippen molar-refractivity contribution in [2.45, 2.75) is 0 Å². The predicted molar refractivity (Wildman–Crippen MR) is 100 cm³/mol. The fraction of sp³-hybridized carbons (Fsp3) is 0. The van der Waals surface area contributed by atoms with Gasteiger partial charge in [-0.05, 0) is 42.0 Å². The summed E-state index contributed by atoms with van der Waals surface area (Å²) >= 11 is 0. The summed E-state index contributed by atoms with van der Waals surface area (Å²) in [6.45, 7) is 0. The second kappa shape index (κ2) is 8.48. The first-order chi connectivity index (χ1) is 13.1. The lowest BCUT2D eigenvalue weighted by Gasteiger charge is -2.09. The Morgan fingerprint density at radius 3 is 2.56 bits per heavy atom. The van der Waals surface area contributed by atoms with Crippen molar-refractivity contribution in [1.82, 2.24) is 10.4 Å². The summed E-state index contributed by atoms with van der Waals surface area (Å²) in [5.74, 6) is -1.34. The van der Waals surface area contributed by atoms with Crippen LogP contribution in [0.5, 0.6) is 0 Å². The summed E-state index contributed by atoms with van der Waals surface area (Å²) in [6.07, 6.45) is 2.84. The molecule has 0 radical (unpaired) electrons. The molecule has 1 heterocycles. The number of carbonyl (C=O) groups excluding carboxylic acids is 2. The number of benzene rings is 2. The third-order valence-electron chi connectivity index (χ3n) is 3.55.